The Bertz CT molecular complexity index is 902. The predicted octanol–water partition coefficient (Wildman–Crippen LogP) is 5.44. The van der Waals surface area contributed by atoms with Crippen LogP contribution < -0.4 is 4.74 Å². The summed E-state index contributed by atoms with van der Waals surface area (Å²) in [5.74, 6) is -0.691. The predicted molar refractivity (Wildman–Crippen MR) is 122 cm³/mol. The first kappa shape index (κ1) is 27.4. The van der Waals surface area contributed by atoms with Gasteiger partial charge in [-0.05, 0) is 57.4 Å². The number of rotatable bonds is 12. The van der Waals surface area contributed by atoms with Crippen LogP contribution in [0.15, 0.2) is 60.7 Å². The number of ketones is 1. The standard InChI is InChI=1S/C26H31F3O5/c1-18(2)34-25(32)11-6-4-3-5-10-23-19(13-15-24(23)31)12-14-21(30)17-33-22-9-7-8-20(16-22)26(27,28)29/h3,5,7-9,12-16,18-19,21,23,30H,4,6,10-11,17H2,1-2H3/b5-3+,14-12+/t19-,21+,23+/m0/s1. The highest BCUT2D eigenvalue weighted by atomic mass is 19.4. The number of unbranched alkanes of at least 4 members (excludes halogenated alkanes) is 1. The van der Waals surface area contributed by atoms with Crippen molar-refractivity contribution >= 4 is 11.8 Å². The molecule has 5 nitrogen and oxygen atoms in total. The molecule has 8 heteroatoms. The van der Waals surface area contributed by atoms with Gasteiger partial charge in [0.05, 0.1) is 11.7 Å². The lowest BCUT2D eigenvalue weighted by molar-refractivity contribution is -0.147. The molecule has 34 heavy (non-hydrogen) atoms. The first-order valence-corrected chi connectivity index (χ1v) is 11.3. The molecule has 1 N–H and O–H groups in total. The second-order valence-electron chi connectivity index (χ2n) is 8.37. The van der Waals surface area contributed by atoms with Gasteiger partial charge in [-0.2, -0.15) is 13.2 Å². The van der Waals surface area contributed by atoms with E-state index < -0.39 is 17.8 Å². The first-order chi connectivity index (χ1) is 16.1. The normalized spacial score (nSPS) is 19.4. The number of esters is 1. The Balaban J connectivity index is 1.78. The molecule has 0 amide bonds. The largest absolute Gasteiger partial charge is 0.491 e. The van der Waals surface area contributed by atoms with E-state index in [-0.39, 0.29) is 42.0 Å². The van der Waals surface area contributed by atoms with Gasteiger partial charge in [-0.3, -0.25) is 9.59 Å². The van der Waals surface area contributed by atoms with Crippen molar-refractivity contribution in [3.8, 4) is 5.75 Å². The van der Waals surface area contributed by atoms with E-state index in [9.17, 15) is 27.9 Å². The maximum atomic E-state index is 12.8. The zero-order valence-corrected chi connectivity index (χ0v) is 19.3. The van der Waals surface area contributed by atoms with Crippen molar-refractivity contribution in [1.82, 2.24) is 0 Å². The third-order valence-electron chi connectivity index (χ3n) is 5.13. The Morgan fingerprint density at radius 1 is 1.24 bits per heavy atom. The second-order valence-corrected chi connectivity index (χ2v) is 8.37. The molecule has 0 spiro atoms. The summed E-state index contributed by atoms with van der Waals surface area (Å²) in [4.78, 5) is 23.7. The van der Waals surface area contributed by atoms with E-state index in [0.29, 0.717) is 25.7 Å². The zero-order valence-electron chi connectivity index (χ0n) is 19.3. The number of allylic oxidation sites excluding steroid dienone is 5. The molecule has 3 atom stereocenters. The topological polar surface area (TPSA) is 72.8 Å². The van der Waals surface area contributed by atoms with Crippen LogP contribution in [0.4, 0.5) is 13.2 Å². The van der Waals surface area contributed by atoms with E-state index in [1.807, 2.05) is 12.2 Å². The fraction of sp³-hybridized carbons (Fsp3) is 0.462. The lowest BCUT2D eigenvalue weighted by Crippen LogP contribution is -2.17. The van der Waals surface area contributed by atoms with Crippen molar-refractivity contribution in [2.24, 2.45) is 11.8 Å². The van der Waals surface area contributed by atoms with E-state index in [1.54, 1.807) is 26.0 Å². The smallest absolute Gasteiger partial charge is 0.416 e. The minimum atomic E-state index is -4.47. The van der Waals surface area contributed by atoms with Gasteiger partial charge >= 0.3 is 12.1 Å². The number of ether oxygens (including phenoxy) is 2. The van der Waals surface area contributed by atoms with Gasteiger partial charge < -0.3 is 14.6 Å². The molecule has 0 aliphatic heterocycles. The van der Waals surface area contributed by atoms with E-state index in [0.717, 1.165) is 12.1 Å². The van der Waals surface area contributed by atoms with E-state index >= 15 is 0 Å². The Morgan fingerprint density at radius 3 is 2.71 bits per heavy atom. The summed E-state index contributed by atoms with van der Waals surface area (Å²) >= 11 is 0. The molecule has 0 fully saturated rings. The third kappa shape index (κ3) is 9.55. The summed E-state index contributed by atoms with van der Waals surface area (Å²) in [7, 11) is 0. The van der Waals surface area contributed by atoms with Crippen molar-refractivity contribution in [3.63, 3.8) is 0 Å². The molecule has 1 aromatic carbocycles. The summed E-state index contributed by atoms with van der Waals surface area (Å²) in [5.41, 5.74) is -0.823. The molecule has 0 unspecified atom stereocenters. The van der Waals surface area contributed by atoms with Gasteiger partial charge in [-0.15, -0.1) is 0 Å². The average Bonchev–Trinajstić information content (AvgIpc) is 3.11. The molecule has 0 radical (unpaired) electrons. The van der Waals surface area contributed by atoms with Crippen LogP contribution in [0.5, 0.6) is 5.75 Å². The summed E-state index contributed by atoms with van der Waals surface area (Å²) in [5, 5.41) is 10.1. The highest BCUT2D eigenvalue weighted by molar-refractivity contribution is 5.95. The minimum Gasteiger partial charge on any atom is -0.491 e. The van der Waals surface area contributed by atoms with E-state index in [4.69, 9.17) is 9.47 Å². The van der Waals surface area contributed by atoms with Crippen molar-refractivity contribution in [2.75, 3.05) is 6.61 Å². The highest BCUT2D eigenvalue weighted by Crippen LogP contribution is 2.31. The SMILES string of the molecule is CC(C)OC(=O)CCC/C=C/C[C@H]1C(=O)C=C[C@@H]1/C=C/[C@@H](O)COc1cccc(C(F)(F)F)c1. The number of hydrogen-bond donors (Lipinski definition) is 1. The maximum Gasteiger partial charge on any atom is 0.416 e. The molecule has 0 aromatic heterocycles. The summed E-state index contributed by atoms with van der Waals surface area (Å²) < 4.78 is 48.7. The number of halogens is 3. The molecule has 0 heterocycles. The molecular formula is C26H31F3O5. The van der Waals surface area contributed by atoms with Gasteiger partial charge in [0.25, 0.3) is 0 Å². The Labute approximate surface area is 197 Å². The van der Waals surface area contributed by atoms with Crippen LogP contribution in [0.1, 0.15) is 45.1 Å². The van der Waals surface area contributed by atoms with E-state index in [2.05, 4.69) is 0 Å². The lowest BCUT2D eigenvalue weighted by atomic mass is 9.90. The highest BCUT2D eigenvalue weighted by Gasteiger charge is 2.30. The number of carbonyl (C=O) groups excluding carboxylic acids is 2. The number of aliphatic hydroxyl groups is 1. The van der Waals surface area contributed by atoms with Crippen LogP contribution in [-0.2, 0) is 20.5 Å². The van der Waals surface area contributed by atoms with Gasteiger partial charge in [-0.1, -0.05) is 36.4 Å². The van der Waals surface area contributed by atoms with Crippen molar-refractivity contribution in [1.29, 1.82) is 0 Å². The molecule has 1 aliphatic rings. The minimum absolute atomic E-state index is 0.00508. The number of hydrogen-bond acceptors (Lipinski definition) is 5. The van der Waals surface area contributed by atoms with Crippen LogP contribution >= 0.6 is 0 Å². The third-order valence-corrected chi connectivity index (χ3v) is 5.13. The quantitative estimate of drug-likeness (QED) is 0.245. The van der Waals surface area contributed by atoms with Crippen LogP contribution in [0.25, 0.3) is 0 Å². The Morgan fingerprint density at radius 2 is 2.00 bits per heavy atom. The lowest BCUT2D eigenvalue weighted by Gasteiger charge is -2.14. The molecule has 1 aromatic rings. The van der Waals surface area contributed by atoms with Gasteiger partial charge in [0.1, 0.15) is 18.5 Å². The number of benzene rings is 1. The molecule has 0 saturated carbocycles. The molecule has 2 rings (SSSR count). The molecule has 1 aliphatic carbocycles. The molecule has 0 bridgehead atoms. The van der Waals surface area contributed by atoms with Gasteiger partial charge in [0.15, 0.2) is 5.78 Å². The molecule has 186 valence electrons. The fourth-order valence-electron chi connectivity index (χ4n) is 3.43. The van der Waals surface area contributed by atoms with Gasteiger partial charge in [0.2, 0.25) is 0 Å². The summed E-state index contributed by atoms with van der Waals surface area (Å²) in [6.45, 7) is 3.39. The Kier molecular flexibility index (Phi) is 10.6. The average molecular weight is 481 g/mol. The summed E-state index contributed by atoms with van der Waals surface area (Å²) in [6.07, 6.45) is 6.92. The number of alkyl halides is 3. The van der Waals surface area contributed by atoms with Crippen LogP contribution in [0, 0.1) is 11.8 Å². The van der Waals surface area contributed by atoms with Crippen LogP contribution in [0.2, 0.25) is 0 Å². The molecule has 0 saturated heterocycles. The number of carbonyl (C=O) groups is 2. The maximum absolute atomic E-state index is 12.8. The van der Waals surface area contributed by atoms with Crippen LogP contribution in [0.3, 0.4) is 0 Å². The number of aliphatic hydroxyl groups excluding tert-OH is 1. The van der Waals surface area contributed by atoms with Crippen molar-refractivity contribution in [2.45, 2.75) is 57.9 Å². The fourth-order valence-corrected chi connectivity index (χ4v) is 3.43. The zero-order chi connectivity index (χ0) is 25.1. The second kappa shape index (κ2) is 13.1. The van der Waals surface area contributed by atoms with Crippen LogP contribution in [-0.4, -0.2) is 35.7 Å². The Hall–Kier alpha value is -2.87. The van der Waals surface area contributed by atoms with Crippen molar-refractivity contribution < 1.29 is 37.3 Å². The van der Waals surface area contributed by atoms with Crippen molar-refractivity contribution in [3.05, 3.63) is 66.3 Å². The first-order valence-electron chi connectivity index (χ1n) is 11.3. The van der Waals surface area contributed by atoms with Gasteiger partial charge in [-0.25, -0.2) is 0 Å². The van der Waals surface area contributed by atoms with E-state index in [1.165, 1.54) is 24.3 Å². The molecular weight excluding hydrogens is 449 g/mol. The monoisotopic (exact) mass is 480 g/mol. The summed E-state index contributed by atoms with van der Waals surface area (Å²) in [6, 6.07) is 4.46. The van der Waals surface area contributed by atoms with Gasteiger partial charge in [0, 0.05) is 18.3 Å².